The van der Waals surface area contributed by atoms with Crippen LogP contribution >= 0.6 is 11.3 Å². The molecule has 1 atom stereocenters. The summed E-state index contributed by atoms with van der Waals surface area (Å²) in [7, 11) is 0. The Morgan fingerprint density at radius 1 is 1.13 bits per heavy atom. The number of amides is 2. The van der Waals surface area contributed by atoms with Gasteiger partial charge in [-0.05, 0) is 54.0 Å². The molecule has 6 heteroatoms. The van der Waals surface area contributed by atoms with Crippen molar-refractivity contribution in [2.75, 3.05) is 13.1 Å². The molecule has 1 N–H and O–H groups in total. The number of carbonyl (C=O) groups excluding carboxylic acids is 2. The van der Waals surface area contributed by atoms with Crippen molar-refractivity contribution in [3.8, 4) is 0 Å². The van der Waals surface area contributed by atoms with Crippen molar-refractivity contribution < 1.29 is 14.0 Å². The van der Waals surface area contributed by atoms with Gasteiger partial charge in [-0.15, -0.1) is 11.3 Å². The van der Waals surface area contributed by atoms with Crippen LogP contribution in [-0.2, 0) is 11.2 Å². The van der Waals surface area contributed by atoms with E-state index in [1.165, 1.54) is 11.8 Å². The van der Waals surface area contributed by atoms with Crippen molar-refractivity contribution >= 4 is 23.2 Å². The van der Waals surface area contributed by atoms with E-state index in [0.29, 0.717) is 31.7 Å². The topological polar surface area (TPSA) is 62.6 Å². The Bertz CT molecular complexity index is 957. The maximum absolute atomic E-state index is 13.1. The summed E-state index contributed by atoms with van der Waals surface area (Å²) >= 11 is 1.65. The molecule has 0 aliphatic carbocycles. The van der Waals surface area contributed by atoms with E-state index in [1.54, 1.807) is 28.4 Å². The number of aryl methyl sites for hydroxylation is 1. The van der Waals surface area contributed by atoms with Crippen molar-refractivity contribution in [3.05, 3.63) is 81.9 Å². The van der Waals surface area contributed by atoms with E-state index >= 15 is 0 Å². The quantitative estimate of drug-likeness (QED) is 0.628. The highest BCUT2D eigenvalue weighted by Crippen LogP contribution is 2.28. The molecule has 1 saturated heterocycles. The van der Waals surface area contributed by atoms with E-state index in [-0.39, 0.29) is 23.8 Å². The van der Waals surface area contributed by atoms with Crippen LogP contribution < -0.4 is 5.32 Å². The van der Waals surface area contributed by atoms with Crippen LogP contribution in [0.15, 0.2) is 64.6 Å². The summed E-state index contributed by atoms with van der Waals surface area (Å²) in [5.41, 5.74) is 2.37. The Morgan fingerprint density at radius 3 is 2.50 bits per heavy atom. The normalized spacial score (nSPS) is 15.7. The van der Waals surface area contributed by atoms with Gasteiger partial charge < -0.3 is 14.6 Å². The summed E-state index contributed by atoms with van der Waals surface area (Å²) in [6.45, 7) is 3.26. The summed E-state index contributed by atoms with van der Waals surface area (Å²) in [5, 5.41) is 5.30. The molecule has 2 aromatic heterocycles. The second kappa shape index (κ2) is 9.30. The minimum absolute atomic E-state index is 0.0538. The lowest BCUT2D eigenvalue weighted by Crippen LogP contribution is -2.43. The number of hydrogen-bond acceptors (Lipinski definition) is 4. The molecule has 1 aliphatic heterocycles. The van der Waals surface area contributed by atoms with Gasteiger partial charge in [-0.25, -0.2) is 0 Å². The fourth-order valence-electron chi connectivity index (χ4n) is 3.88. The second-order valence-corrected chi connectivity index (χ2v) is 8.58. The van der Waals surface area contributed by atoms with Crippen LogP contribution in [0.2, 0.25) is 0 Å². The Hall–Kier alpha value is -2.86. The molecule has 30 heavy (non-hydrogen) atoms. The molecule has 4 rings (SSSR count). The molecule has 3 aromatic rings. The summed E-state index contributed by atoms with van der Waals surface area (Å²) in [6, 6.07) is 15.8. The van der Waals surface area contributed by atoms with E-state index in [4.69, 9.17) is 4.42 Å². The number of likely N-dealkylation sites (tertiary alicyclic amines) is 1. The van der Waals surface area contributed by atoms with Crippen molar-refractivity contribution in [2.45, 2.75) is 32.2 Å². The molecule has 0 saturated carbocycles. The number of nitrogens with one attached hydrogen (secondary N) is 1. The molecule has 3 heterocycles. The van der Waals surface area contributed by atoms with Crippen LogP contribution in [-0.4, -0.2) is 29.8 Å². The van der Waals surface area contributed by atoms with Gasteiger partial charge in [0.05, 0.1) is 12.3 Å². The van der Waals surface area contributed by atoms with E-state index in [9.17, 15) is 9.59 Å². The fraction of sp³-hybridized carbons (Fsp3) is 0.333. The van der Waals surface area contributed by atoms with Crippen molar-refractivity contribution in [2.24, 2.45) is 5.92 Å². The lowest BCUT2D eigenvalue weighted by molar-refractivity contribution is -0.126. The number of thiophene rings is 1. The Balaban J connectivity index is 1.41. The van der Waals surface area contributed by atoms with Gasteiger partial charge >= 0.3 is 0 Å². The summed E-state index contributed by atoms with van der Waals surface area (Å²) in [6.07, 6.45) is 3.81. The van der Waals surface area contributed by atoms with E-state index in [2.05, 4.69) is 42.6 Å². The zero-order valence-corrected chi connectivity index (χ0v) is 17.9. The van der Waals surface area contributed by atoms with Crippen LogP contribution in [0.25, 0.3) is 0 Å². The van der Waals surface area contributed by atoms with Crippen LogP contribution in [0, 0.1) is 5.92 Å². The molecule has 1 aromatic carbocycles. The maximum atomic E-state index is 13.1. The number of nitrogens with zero attached hydrogens (tertiary/aromatic N) is 1. The van der Waals surface area contributed by atoms with Crippen LogP contribution in [0.3, 0.4) is 0 Å². The number of benzene rings is 1. The highest BCUT2D eigenvalue weighted by atomic mass is 32.1. The average Bonchev–Trinajstić information content (AvgIpc) is 3.52. The fourth-order valence-corrected chi connectivity index (χ4v) is 4.68. The predicted molar refractivity (Wildman–Crippen MR) is 117 cm³/mol. The molecule has 156 valence electrons. The third-order valence-electron chi connectivity index (χ3n) is 5.72. The SMILES string of the molecule is CCc1ccc([C@@H](NC(=O)C2CCN(C(=O)c3ccco3)CC2)c2cccs2)cc1. The first kappa shape index (κ1) is 20.4. The summed E-state index contributed by atoms with van der Waals surface area (Å²) in [4.78, 5) is 28.4. The predicted octanol–water partition coefficient (Wildman–Crippen LogP) is 4.66. The third-order valence-corrected chi connectivity index (χ3v) is 6.66. The van der Waals surface area contributed by atoms with Crippen molar-refractivity contribution in [1.29, 1.82) is 0 Å². The molecule has 0 radical (unpaired) electrons. The molecular formula is C24H26N2O3S. The van der Waals surface area contributed by atoms with Crippen LogP contribution in [0.1, 0.15) is 52.4 Å². The van der Waals surface area contributed by atoms with Gasteiger partial charge in [-0.2, -0.15) is 0 Å². The van der Waals surface area contributed by atoms with E-state index < -0.39 is 0 Å². The third kappa shape index (κ3) is 4.49. The monoisotopic (exact) mass is 422 g/mol. The minimum atomic E-state index is -0.147. The molecule has 0 bridgehead atoms. The number of carbonyl (C=O) groups is 2. The van der Waals surface area contributed by atoms with Crippen molar-refractivity contribution in [1.82, 2.24) is 10.2 Å². The van der Waals surface area contributed by atoms with Crippen LogP contribution in [0.5, 0.6) is 0 Å². The largest absolute Gasteiger partial charge is 0.459 e. The van der Waals surface area contributed by atoms with E-state index in [1.807, 2.05) is 11.4 Å². The zero-order chi connectivity index (χ0) is 20.9. The summed E-state index contributed by atoms with van der Waals surface area (Å²) in [5.74, 6) is 0.207. The highest BCUT2D eigenvalue weighted by Gasteiger charge is 2.30. The standard InChI is InChI=1S/C24H26N2O3S/c1-2-17-7-9-18(10-8-17)22(21-6-4-16-30-21)25-23(27)19-11-13-26(14-12-19)24(28)20-5-3-15-29-20/h3-10,15-16,19,22H,2,11-14H2,1H3,(H,25,27)/t22-/m1/s1. The molecule has 1 fully saturated rings. The molecular weight excluding hydrogens is 396 g/mol. The number of rotatable bonds is 6. The minimum Gasteiger partial charge on any atom is -0.459 e. The van der Waals surface area contributed by atoms with Gasteiger partial charge in [0.25, 0.3) is 5.91 Å². The van der Waals surface area contributed by atoms with Gasteiger partial charge in [-0.3, -0.25) is 9.59 Å². The van der Waals surface area contributed by atoms with Gasteiger partial charge in [-0.1, -0.05) is 37.3 Å². The first-order valence-electron chi connectivity index (χ1n) is 10.4. The number of hydrogen-bond donors (Lipinski definition) is 1. The molecule has 0 spiro atoms. The lowest BCUT2D eigenvalue weighted by atomic mass is 9.94. The number of piperidine rings is 1. The second-order valence-electron chi connectivity index (χ2n) is 7.60. The zero-order valence-electron chi connectivity index (χ0n) is 17.0. The number of furan rings is 1. The molecule has 2 amide bonds. The molecule has 5 nitrogen and oxygen atoms in total. The Labute approximate surface area is 180 Å². The average molecular weight is 423 g/mol. The van der Waals surface area contributed by atoms with Crippen LogP contribution in [0.4, 0.5) is 0 Å². The highest BCUT2D eigenvalue weighted by molar-refractivity contribution is 7.10. The van der Waals surface area contributed by atoms with Gasteiger partial charge in [0.15, 0.2) is 5.76 Å². The molecule has 1 aliphatic rings. The Morgan fingerprint density at radius 2 is 1.90 bits per heavy atom. The maximum Gasteiger partial charge on any atom is 0.289 e. The summed E-state index contributed by atoms with van der Waals surface area (Å²) < 4.78 is 5.21. The first-order chi connectivity index (χ1) is 14.7. The van der Waals surface area contributed by atoms with Gasteiger partial charge in [0, 0.05) is 23.9 Å². The van der Waals surface area contributed by atoms with E-state index in [0.717, 1.165) is 16.9 Å². The Kier molecular flexibility index (Phi) is 6.33. The first-order valence-corrected chi connectivity index (χ1v) is 11.3. The lowest BCUT2D eigenvalue weighted by Gasteiger charge is -2.31. The molecule has 0 unspecified atom stereocenters. The van der Waals surface area contributed by atoms with Gasteiger partial charge in [0.1, 0.15) is 0 Å². The smallest absolute Gasteiger partial charge is 0.289 e. The van der Waals surface area contributed by atoms with Gasteiger partial charge in [0.2, 0.25) is 5.91 Å². The van der Waals surface area contributed by atoms with Crippen molar-refractivity contribution in [3.63, 3.8) is 0 Å².